The number of benzene rings is 2. The van der Waals surface area contributed by atoms with Gasteiger partial charge in [0, 0.05) is 6.04 Å². The monoisotopic (exact) mass is 283 g/mol. The molecule has 0 bridgehead atoms. The van der Waals surface area contributed by atoms with Gasteiger partial charge < -0.3 is 10.1 Å². The first-order chi connectivity index (χ1) is 10.1. The third kappa shape index (κ3) is 3.70. The van der Waals surface area contributed by atoms with Crippen LogP contribution >= 0.6 is 0 Å². The Morgan fingerprint density at radius 2 is 1.67 bits per heavy atom. The summed E-state index contributed by atoms with van der Waals surface area (Å²) in [5.74, 6) is -0.288. The van der Waals surface area contributed by atoms with Crippen molar-refractivity contribution in [2.75, 3.05) is 7.05 Å². The molecule has 0 saturated carbocycles. The topological polar surface area (TPSA) is 38.3 Å². The largest absolute Gasteiger partial charge is 0.452 e. The van der Waals surface area contributed by atoms with Crippen LogP contribution in [0.15, 0.2) is 54.6 Å². The molecule has 2 atom stereocenters. The normalized spacial score (nSPS) is 13.5. The van der Waals surface area contributed by atoms with Crippen LogP contribution in [0.1, 0.15) is 34.5 Å². The second kappa shape index (κ2) is 7.04. The lowest BCUT2D eigenvalue weighted by atomic mass is 10.0. The van der Waals surface area contributed by atoms with Gasteiger partial charge in [0.1, 0.15) is 6.10 Å². The molecule has 0 heterocycles. The Hall–Kier alpha value is -2.13. The number of carbonyl (C=O) groups is 1. The smallest absolute Gasteiger partial charge is 0.339 e. The molecule has 0 aliphatic heterocycles. The fourth-order valence-corrected chi connectivity index (χ4v) is 2.23. The zero-order valence-electron chi connectivity index (χ0n) is 12.7. The Bertz CT molecular complexity index is 595. The number of aryl methyl sites for hydroxylation is 1. The van der Waals surface area contributed by atoms with Gasteiger partial charge in [0.25, 0.3) is 0 Å². The van der Waals surface area contributed by atoms with Crippen LogP contribution in [0.5, 0.6) is 0 Å². The number of carbonyl (C=O) groups excluding carboxylic acids is 1. The number of esters is 1. The van der Waals surface area contributed by atoms with Crippen molar-refractivity contribution in [2.24, 2.45) is 0 Å². The number of ether oxygens (including phenoxy) is 1. The number of rotatable bonds is 5. The molecular weight excluding hydrogens is 262 g/mol. The zero-order chi connectivity index (χ0) is 15.2. The van der Waals surface area contributed by atoms with Crippen LogP contribution in [0, 0.1) is 6.92 Å². The number of hydrogen-bond acceptors (Lipinski definition) is 3. The SMILES string of the molecule is CNC(C)C(OC(=O)c1ccccc1C)c1ccccc1. The van der Waals surface area contributed by atoms with E-state index in [1.165, 1.54) is 0 Å². The van der Waals surface area contributed by atoms with Crippen LogP contribution in [0.4, 0.5) is 0 Å². The van der Waals surface area contributed by atoms with E-state index in [4.69, 9.17) is 4.74 Å². The third-order valence-electron chi connectivity index (χ3n) is 3.64. The van der Waals surface area contributed by atoms with Gasteiger partial charge in [-0.2, -0.15) is 0 Å². The summed E-state index contributed by atoms with van der Waals surface area (Å²) < 4.78 is 5.75. The summed E-state index contributed by atoms with van der Waals surface area (Å²) in [6.45, 7) is 3.92. The predicted octanol–water partition coefficient (Wildman–Crippen LogP) is 3.50. The Kier molecular flexibility index (Phi) is 5.12. The van der Waals surface area contributed by atoms with Crippen LogP contribution in [-0.4, -0.2) is 19.1 Å². The zero-order valence-corrected chi connectivity index (χ0v) is 12.7. The van der Waals surface area contributed by atoms with Crippen molar-refractivity contribution >= 4 is 5.97 Å². The molecule has 110 valence electrons. The fourth-order valence-electron chi connectivity index (χ4n) is 2.23. The van der Waals surface area contributed by atoms with E-state index in [1.807, 2.05) is 69.4 Å². The minimum Gasteiger partial charge on any atom is -0.452 e. The van der Waals surface area contributed by atoms with Gasteiger partial charge in [-0.05, 0) is 38.1 Å². The molecular formula is C18H21NO2. The maximum absolute atomic E-state index is 12.4. The molecule has 0 amide bonds. The first kappa shape index (κ1) is 15.3. The number of likely N-dealkylation sites (N-methyl/N-ethyl adjacent to an activating group) is 1. The average molecular weight is 283 g/mol. The molecule has 0 fully saturated rings. The molecule has 2 aromatic rings. The van der Waals surface area contributed by atoms with Crippen molar-refractivity contribution in [3.05, 3.63) is 71.3 Å². The van der Waals surface area contributed by atoms with Crippen LogP contribution in [0.25, 0.3) is 0 Å². The van der Waals surface area contributed by atoms with Crippen LogP contribution < -0.4 is 5.32 Å². The summed E-state index contributed by atoms with van der Waals surface area (Å²) >= 11 is 0. The highest BCUT2D eigenvalue weighted by molar-refractivity contribution is 5.91. The molecule has 3 nitrogen and oxygen atoms in total. The highest BCUT2D eigenvalue weighted by Gasteiger charge is 2.23. The molecule has 0 saturated heterocycles. The molecule has 0 aliphatic rings. The lowest BCUT2D eigenvalue weighted by molar-refractivity contribution is 0.0218. The Balaban J connectivity index is 2.24. The molecule has 0 radical (unpaired) electrons. The van der Waals surface area contributed by atoms with Crippen molar-refractivity contribution < 1.29 is 9.53 Å². The van der Waals surface area contributed by atoms with Crippen molar-refractivity contribution in [2.45, 2.75) is 26.0 Å². The van der Waals surface area contributed by atoms with Crippen molar-refractivity contribution in [1.29, 1.82) is 0 Å². The van der Waals surface area contributed by atoms with E-state index in [0.717, 1.165) is 11.1 Å². The Morgan fingerprint density at radius 1 is 1.05 bits per heavy atom. The number of nitrogens with one attached hydrogen (secondary N) is 1. The Labute approximate surface area is 126 Å². The highest BCUT2D eigenvalue weighted by atomic mass is 16.5. The van der Waals surface area contributed by atoms with E-state index in [-0.39, 0.29) is 18.1 Å². The molecule has 0 spiro atoms. The summed E-state index contributed by atoms with van der Waals surface area (Å²) in [6, 6.07) is 17.3. The van der Waals surface area contributed by atoms with Gasteiger partial charge in [-0.25, -0.2) is 4.79 Å². The summed E-state index contributed by atoms with van der Waals surface area (Å²) in [6.07, 6.45) is -0.316. The van der Waals surface area contributed by atoms with Gasteiger partial charge in [-0.15, -0.1) is 0 Å². The second-order valence-corrected chi connectivity index (χ2v) is 5.13. The lowest BCUT2D eigenvalue weighted by Crippen LogP contribution is -2.32. The van der Waals surface area contributed by atoms with Crippen LogP contribution in [-0.2, 0) is 4.74 Å². The minimum atomic E-state index is -0.316. The first-order valence-electron chi connectivity index (χ1n) is 7.12. The summed E-state index contributed by atoms with van der Waals surface area (Å²) in [4.78, 5) is 12.4. The highest BCUT2D eigenvalue weighted by Crippen LogP contribution is 2.23. The van der Waals surface area contributed by atoms with E-state index in [1.54, 1.807) is 6.07 Å². The quantitative estimate of drug-likeness (QED) is 0.853. The van der Waals surface area contributed by atoms with E-state index in [9.17, 15) is 4.79 Å². The molecule has 3 heteroatoms. The molecule has 1 N–H and O–H groups in total. The van der Waals surface area contributed by atoms with E-state index in [2.05, 4.69) is 5.32 Å². The van der Waals surface area contributed by atoms with Gasteiger partial charge in [0.15, 0.2) is 0 Å². The van der Waals surface area contributed by atoms with Gasteiger partial charge in [0.05, 0.1) is 5.56 Å². The van der Waals surface area contributed by atoms with E-state index in [0.29, 0.717) is 5.56 Å². The lowest BCUT2D eigenvalue weighted by Gasteiger charge is -2.24. The predicted molar refractivity (Wildman–Crippen MR) is 84.3 cm³/mol. The molecule has 0 aromatic heterocycles. The standard InChI is InChI=1S/C18H21NO2/c1-13-9-7-8-12-16(13)18(20)21-17(14(2)19-3)15-10-5-4-6-11-15/h4-12,14,17,19H,1-3H3. The van der Waals surface area contributed by atoms with Gasteiger partial charge >= 0.3 is 5.97 Å². The molecule has 2 aromatic carbocycles. The maximum atomic E-state index is 12.4. The van der Waals surface area contributed by atoms with Crippen LogP contribution in [0.3, 0.4) is 0 Å². The molecule has 2 rings (SSSR count). The summed E-state index contributed by atoms with van der Waals surface area (Å²) in [5, 5.41) is 3.16. The summed E-state index contributed by atoms with van der Waals surface area (Å²) in [5.41, 5.74) is 2.52. The van der Waals surface area contributed by atoms with E-state index < -0.39 is 0 Å². The van der Waals surface area contributed by atoms with Gasteiger partial charge in [0.2, 0.25) is 0 Å². The Morgan fingerprint density at radius 3 is 2.29 bits per heavy atom. The van der Waals surface area contributed by atoms with E-state index >= 15 is 0 Å². The first-order valence-corrected chi connectivity index (χ1v) is 7.12. The second-order valence-electron chi connectivity index (χ2n) is 5.13. The van der Waals surface area contributed by atoms with Crippen molar-refractivity contribution in [3.63, 3.8) is 0 Å². The van der Waals surface area contributed by atoms with Gasteiger partial charge in [-0.1, -0.05) is 48.5 Å². The molecule has 2 unspecified atom stereocenters. The third-order valence-corrected chi connectivity index (χ3v) is 3.64. The number of hydrogen-bond donors (Lipinski definition) is 1. The minimum absolute atomic E-state index is 0.0281. The van der Waals surface area contributed by atoms with Crippen molar-refractivity contribution in [3.8, 4) is 0 Å². The maximum Gasteiger partial charge on any atom is 0.339 e. The fraction of sp³-hybridized carbons (Fsp3) is 0.278. The molecule has 0 aliphatic carbocycles. The van der Waals surface area contributed by atoms with Crippen LogP contribution in [0.2, 0.25) is 0 Å². The average Bonchev–Trinajstić information content (AvgIpc) is 2.53. The van der Waals surface area contributed by atoms with Gasteiger partial charge in [-0.3, -0.25) is 0 Å². The van der Waals surface area contributed by atoms with Crippen molar-refractivity contribution in [1.82, 2.24) is 5.32 Å². The molecule has 21 heavy (non-hydrogen) atoms. The summed E-state index contributed by atoms with van der Waals surface area (Å²) in [7, 11) is 1.86.